The molecule has 1 aromatic heterocycles. The van der Waals surface area contributed by atoms with Crippen LogP contribution in [0.25, 0.3) is 0 Å². The molecule has 0 aromatic carbocycles. The van der Waals surface area contributed by atoms with Crippen molar-refractivity contribution in [2.45, 2.75) is 13.3 Å². The first-order valence-electron chi connectivity index (χ1n) is 5.39. The number of aromatic nitrogens is 1. The third-order valence-electron chi connectivity index (χ3n) is 2.16. The molecule has 0 spiro atoms. The molecule has 18 heavy (non-hydrogen) atoms. The Hall–Kier alpha value is -1.43. The van der Waals surface area contributed by atoms with E-state index in [1.165, 1.54) is 19.2 Å². The highest BCUT2D eigenvalue weighted by Crippen LogP contribution is 2.16. The summed E-state index contributed by atoms with van der Waals surface area (Å²) in [6.07, 6.45) is -2.57. The molecule has 1 N–H and O–H groups in total. The molecule has 0 aliphatic heterocycles. The molecule has 0 aliphatic carbocycles. The van der Waals surface area contributed by atoms with Gasteiger partial charge in [-0.25, -0.2) is 13.8 Å². The fourth-order valence-corrected chi connectivity index (χ4v) is 1.61. The highest BCUT2D eigenvalue weighted by molar-refractivity contribution is 6.29. The average molecular weight is 278 g/mol. The van der Waals surface area contributed by atoms with Gasteiger partial charge in [-0.2, -0.15) is 0 Å². The minimum absolute atomic E-state index is 0.141. The second-order valence-electron chi connectivity index (χ2n) is 3.67. The largest absolute Gasteiger partial charge is 0.370 e. The number of amides is 1. The lowest BCUT2D eigenvalue weighted by Crippen LogP contribution is -2.31. The summed E-state index contributed by atoms with van der Waals surface area (Å²) in [5.74, 6) is -0.0717. The average Bonchev–Trinajstić information content (AvgIpc) is 2.26. The summed E-state index contributed by atoms with van der Waals surface area (Å²) in [6, 6.07) is 2.84. The van der Waals surface area contributed by atoms with Crippen LogP contribution < -0.4 is 5.32 Å². The SMILES string of the molecule is CCNc1cc(C(=O)N(C)CC(F)F)cc(Cl)n1. The Kier molecular flexibility index (Phi) is 5.27. The molecule has 1 rings (SSSR count). The van der Waals surface area contributed by atoms with Crippen molar-refractivity contribution < 1.29 is 13.6 Å². The van der Waals surface area contributed by atoms with Crippen LogP contribution in [-0.4, -0.2) is 42.4 Å². The first-order chi connectivity index (χ1) is 8.43. The molecule has 1 aromatic rings. The number of hydrogen-bond acceptors (Lipinski definition) is 3. The van der Waals surface area contributed by atoms with Crippen LogP contribution >= 0.6 is 11.6 Å². The minimum atomic E-state index is -2.57. The van der Waals surface area contributed by atoms with Gasteiger partial charge in [-0.05, 0) is 19.1 Å². The van der Waals surface area contributed by atoms with Gasteiger partial charge in [0.1, 0.15) is 11.0 Å². The number of anilines is 1. The molecule has 0 bridgehead atoms. The van der Waals surface area contributed by atoms with Crippen molar-refractivity contribution in [1.29, 1.82) is 0 Å². The Balaban J connectivity index is 2.91. The zero-order valence-corrected chi connectivity index (χ0v) is 10.8. The fraction of sp³-hybridized carbons (Fsp3) is 0.455. The molecule has 0 saturated carbocycles. The van der Waals surface area contributed by atoms with Crippen molar-refractivity contribution in [2.24, 2.45) is 0 Å². The van der Waals surface area contributed by atoms with E-state index in [-0.39, 0.29) is 10.7 Å². The Bertz CT molecular complexity index is 429. The lowest BCUT2D eigenvalue weighted by Gasteiger charge is -2.17. The first-order valence-corrected chi connectivity index (χ1v) is 5.77. The van der Waals surface area contributed by atoms with Crippen LogP contribution in [0.2, 0.25) is 5.15 Å². The van der Waals surface area contributed by atoms with Crippen LogP contribution in [0, 0.1) is 0 Å². The highest BCUT2D eigenvalue weighted by Gasteiger charge is 2.17. The summed E-state index contributed by atoms with van der Waals surface area (Å²) in [7, 11) is 1.32. The second-order valence-corrected chi connectivity index (χ2v) is 4.06. The van der Waals surface area contributed by atoms with Crippen LogP contribution in [0.1, 0.15) is 17.3 Å². The van der Waals surface area contributed by atoms with E-state index in [2.05, 4.69) is 10.3 Å². The van der Waals surface area contributed by atoms with Crippen molar-refractivity contribution in [1.82, 2.24) is 9.88 Å². The number of alkyl halides is 2. The molecule has 0 saturated heterocycles. The number of rotatable bonds is 5. The van der Waals surface area contributed by atoms with Crippen molar-refractivity contribution in [3.05, 3.63) is 22.8 Å². The lowest BCUT2D eigenvalue weighted by atomic mass is 10.2. The van der Waals surface area contributed by atoms with E-state index in [0.29, 0.717) is 12.4 Å². The van der Waals surface area contributed by atoms with E-state index >= 15 is 0 Å². The highest BCUT2D eigenvalue weighted by atomic mass is 35.5. The summed E-state index contributed by atoms with van der Waals surface area (Å²) >= 11 is 5.77. The minimum Gasteiger partial charge on any atom is -0.370 e. The van der Waals surface area contributed by atoms with Gasteiger partial charge in [-0.3, -0.25) is 4.79 Å². The molecule has 100 valence electrons. The summed E-state index contributed by atoms with van der Waals surface area (Å²) in [6.45, 7) is 1.87. The van der Waals surface area contributed by atoms with Crippen molar-refractivity contribution in [3.63, 3.8) is 0 Å². The van der Waals surface area contributed by atoms with E-state index in [9.17, 15) is 13.6 Å². The molecular formula is C11H14ClF2N3O. The maximum Gasteiger partial charge on any atom is 0.255 e. The van der Waals surface area contributed by atoms with Gasteiger partial charge in [0.2, 0.25) is 0 Å². The normalized spacial score (nSPS) is 10.6. The molecule has 0 fully saturated rings. The predicted molar refractivity (Wildman–Crippen MR) is 66.4 cm³/mol. The number of carbonyl (C=O) groups excluding carboxylic acids is 1. The van der Waals surface area contributed by atoms with E-state index in [0.717, 1.165) is 4.90 Å². The molecule has 0 radical (unpaired) electrons. The van der Waals surface area contributed by atoms with Crippen LogP contribution in [0.3, 0.4) is 0 Å². The van der Waals surface area contributed by atoms with Crippen LogP contribution in [0.15, 0.2) is 12.1 Å². The van der Waals surface area contributed by atoms with E-state index in [1.54, 1.807) is 0 Å². The summed E-state index contributed by atoms with van der Waals surface area (Å²) < 4.78 is 24.4. The molecule has 0 unspecified atom stereocenters. The molecule has 1 amide bonds. The quantitative estimate of drug-likeness (QED) is 0.841. The molecule has 4 nitrogen and oxygen atoms in total. The Morgan fingerprint density at radius 3 is 2.78 bits per heavy atom. The van der Waals surface area contributed by atoms with Gasteiger partial charge in [0.05, 0.1) is 6.54 Å². The zero-order valence-electron chi connectivity index (χ0n) is 10.1. The Morgan fingerprint density at radius 1 is 1.56 bits per heavy atom. The zero-order chi connectivity index (χ0) is 13.7. The number of pyridine rings is 1. The van der Waals surface area contributed by atoms with Gasteiger partial charge in [-0.15, -0.1) is 0 Å². The van der Waals surface area contributed by atoms with Crippen molar-refractivity contribution in [2.75, 3.05) is 25.5 Å². The number of halogens is 3. The van der Waals surface area contributed by atoms with Crippen LogP contribution in [0.5, 0.6) is 0 Å². The predicted octanol–water partition coefficient (Wildman–Crippen LogP) is 2.50. The van der Waals surface area contributed by atoms with Gasteiger partial charge in [-0.1, -0.05) is 11.6 Å². The molecule has 0 atom stereocenters. The summed E-state index contributed by atoms with van der Waals surface area (Å²) in [5.41, 5.74) is 0.231. The van der Waals surface area contributed by atoms with Gasteiger partial charge in [0.25, 0.3) is 12.3 Å². The maximum atomic E-state index is 12.2. The van der Waals surface area contributed by atoms with Crippen molar-refractivity contribution in [3.8, 4) is 0 Å². The topological polar surface area (TPSA) is 45.2 Å². The number of hydrogen-bond donors (Lipinski definition) is 1. The molecule has 0 aliphatic rings. The van der Waals surface area contributed by atoms with Crippen LogP contribution in [-0.2, 0) is 0 Å². The third kappa shape index (κ3) is 4.10. The van der Waals surface area contributed by atoms with Crippen molar-refractivity contribution >= 4 is 23.3 Å². The molecule has 1 heterocycles. The molecule has 7 heteroatoms. The smallest absolute Gasteiger partial charge is 0.255 e. The first kappa shape index (κ1) is 14.6. The lowest BCUT2D eigenvalue weighted by molar-refractivity contribution is 0.0620. The van der Waals surface area contributed by atoms with E-state index in [1.807, 2.05) is 6.92 Å². The monoisotopic (exact) mass is 277 g/mol. The summed E-state index contributed by atoms with van der Waals surface area (Å²) in [4.78, 5) is 16.8. The Labute approximate surface area is 109 Å². The summed E-state index contributed by atoms with van der Waals surface area (Å²) in [5, 5.41) is 3.05. The van der Waals surface area contributed by atoms with E-state index in [4.69, 9.17) is 11.6 Å². The van der Waals surface area contributed by atoms with Gasteiger partial charge < -0.3 is 10.2 Å². The maximum absolute atomic E-state index is 12.2. The number of carbonyl (C=O) groups is 1. The third-order valence-corrected chi connectivity index (χ3v) is 2.35. The van der Waals surface area contributed by atoms with Gasteiger partial charge in [0, 0.05) is 19.2 Å². The van der Waals surface area contributed by atoms with Gasteiger partial charge in [0.15, 0.2) is 0 Å². The number of nitrogens with zero attached hydrogens (tertiary/aromatic N) is 2. The van der Waals surface area contributed by atoms with E-state index < -0.39 is 18.9 Å². The van der Waals surface area contributed by atoms with Gasteiger partial charge >= 0.3 is 0 Å². The fourth-order valence-electron chi connectivity index (χ4n) is 1.40. The molecular weight excluding hydrogens is 264 g/mol. The number of nitrogens with one attached hydrogen (secondary N) is 1. The standard InChI is InChI=1S/C11H14ClF2N3O/c1-3-15-10-5-7(4-8(12)16-10)11(18)17(2)6-9(13)14/h4-5,9H,3,6H2,1-2H3,(H,15,16). The van der Waals surface area contributed by atoms with Crippen LogP contribution in [0.4, 0.5) is 14.6 Å². The second kappa shape index (κ2) is 6.49. The Morgan fingerprint density at radius 2 is 2.22 bits per heavy atom.